The molecule has 4 heterocycles. The molecule has 1 N–H and O–H groups in total. The van der Waals surface area contributed by atoms with Gasteiger partial charge in [0.15, 0.2) is 5.82 Å². The highest BCUT2D eigenvalue weighted by atomic mass is 35.5. The number of nitrogens with one attached hydrogen (secondary N) is 1. The number of imidazole rings is 1. The number of rotatable bonds is 4. The lowest BCUT2D eigenvalue weighted by Gasteiger charge is -2.16. The van der Waals surface area contributed by atoms with Crippen LogP contribution in [0.15, 0.2) is 55.1 Å². The fourth-order valence-electron chi connectivity index (χ4n) is 3.33. The van der Waals surface area contributed by atoms with Crippen molar-refractivity contribution in [3.8, 4) is 5.69 Å². The second kappa shape index (κ2) is 6.59. The fourth-order valence-corrected chi connectivity index (χ4v) is 3.46. The average Bonchev–Trinajstić information content (AvgIpc) is 3.43. The first-order valence-electron chi connectivity index (χ1n) is 8.93. The van der Waals surface area contributed by atoms with Gasteiger partial charge < -0.3 is 14.8 Å². The van der Waals surface area contributed by atoms with E-state index in [2.05, 4.69) is 20.3 Å². The Morgan fingerprint density at radius 2 is 1.85 bits per heavy atom. The molecule has 7 nitrogen and oxygen atoms in total. The van der Waals surface area contributed by atoms with Gasteiger partial charge in [0.1, 0.15) is 17.7 Å². The standard InChI is InChI=1S/C19H18ClN7/c20-14-5-7-15(8-6-14)26-12-17(21-13-26)22-18-16-4-3-11-27(16)24-19(23-18)25-9-1-2-10-25/h3-8,11-13H,1-2,9-10H2,(H,22,23,24). The molecule has 136 valence electrons. The number of anilines is 3. The van der Waals surface area contributed by atoms with Crippen molar-refractivity contribution in [3.05, 3.63) is 60.1 Å². The van der Waals surface area contributed by atoms with Crippen molar-refractivity contribution in [1.29, 1.82) is 0 Å². The summed E-state index contributed by atoms with van der Waals surface area (Å²) in [5, 5.41) is 8.69. The Morgan fingerprint density at radius 1 is 1.04 bits per heavy atom. The maximum atomic E-state index is 5.97. The predicted molar refractivity (Wildman–Crippen MR) is 106 cm³/mol. The molecule has 1 aliphatic heterocycles. The number of hydrogen-bond acceptors (Lipinski definition) is 5. The van der Waals surface area contributed by atoms with Crippen LogP contribution in [0.1, 0.15) is 12.8 Å². The molecule has 0 amide bonds. The van der Waals surface area contributed by atoms with Crippen LogP contribution in [-0.2, 0) is 0 Å². The summed E-state index contributed by atoms with van der Waals surface area (Å²) in [4.78, 5) is 11.4. The summed E-state index contributed by atoms with van der Waals surface area (Å²) < 4.78 is 3.80. The van der Waals surface area contributed by atoms with Gasteiger partial charge in [0.05, 0.1) is 6.20 Å². The molecule has 0 spiro atoms. The second-order valence-electron chi connectivity index (χ2n) is 6.56. The van der Waals surface area contributed by atoms with E-state index in [4.69, 9.17) is 16.6 Å². The molecule has 0 bridgehead atoms. The summed E-state index contributed by atoms with van der Waals surface area (Å²) in [6.45, 7) is 1.99. The molecule has 5 rings (SSSR count). The van der Waals surface area contributed by atoms with E-state index < -0.39 is 0 Å². The minimum atomic E-state index is 0.711. The first-order chi connectivity index (χ1) is 13.3. The topological polar surface area (TPSA) is 63.3 Å². The third kappa shape index (κ3) is 3.10. The van der Waals surface area contributed by atoms with Crippen LogP contribution in [0, 0.1) is 0 Å². The number of halogens is 1. The Morgan fingerprint density at radius 3 is 2.67 bits per heavy atom. The smallest absolute Gasteiger partial charge is 0.245 e. The van der Waals surface area contributed by atoms with E-state index in [1.165, 1.54) is 12.8 Å². The van der Waals surface area contributed by atoms with Crippen LogP contribution in [0.5, 0.6) is 0 Å². The highest BCUT2D eigenvalue weighted by Gasteiger charge is 2.18. The van der Waals surface area contributed by atoms with Gasteiger partial charge in [-0.05, 0) is 49.2 Å². The summed E-state index contributed by atoms with van der Waals surface area (Å²) in [6, 6.07) is 11.6. The molecule has 0 unspecified atom stereocenters. The van der Waals surface area contributed by atoms with Crippen LogP contribution in [0.25, 0.3) is 11.2 Å². The summed E-state index contributed by atoms with van der Waals surface area (Å²) >= 11 is 5.97. The number of nitrogens with zero attached hydrogens (tertiary/aromatic N) is 6. The SMILES string of the molecule is Clc1ccc(-n2cnc(Nc3nc(N4CCCC4)nn4cccc34)c2)cc1. The molecule has 0 atom stereocenters. The third-order valence-electron chi connectivity index (χ3n) is 4.72. The lowest BCUT2D eigenvalue weighted by molar-refractivity contribution is 0.827. The van der Waals surface area contributed by atoms with Gasteiger partial charge in [0, 0.05) is 30.0 Å². The van der Waals surface area contributed by atoms with Crippen LogP contribution in [0.2, 0.25) is 5.02 Å². The average molecular weight is 380 g/mol. The van der Waals surface area contributed by atoms with Crippen molar-refractivity contribution in [2.24, 2.45) is 0 Å². The van der Waals surface area contributed by atoms with E-state index in [0.717, 1.165) is 41.9 Å². The van der Waals surface area contributed by atoms with E-state index in [1.807, 2.05) is 57.9 Å². The molecule has 0 radical (unpaired) electrons. The second-order valence-corrected chi connectivity index (χ2v) is 7.00. The van der Waals surface area contributed by atoms with E-state index in [0.29, 0.717) is 5.02 Å². The van der Waals surface area contributed by atoms with E-state index >= 15 is 0 Å². The molecular weight excluding hydrogens is 362 g/mol. The van der Waals surface area contributed by atoms with Crippen LogP contribution >= 0.6 is 11.6 Å². The van der Waals surface area contributed by atoms with Gasteiger partial charge in [-0.1, -0.05) is 11.6 Å². The number of fused-ring (bicyclic) bond motifs is 1. The van der Waals surface area contributed by atoms with Gasteiger partial charge >= 0.3 is 0 Å². The molecule has 0 saturated carbocycles. The zero-order valence-corrected chi connectivity index (χ0v) is 15.3. The van der Waals surface area contributed by atoms with Crippen molar-refractivity contribution >= 4 is 34.7 Å². The molecular formula is C19H18ClN7. The minimum absolute atomic E-state index is 0.711. The summed E-state index contributed by atoms with van der Waals surface area (Å²) in [5.41, 5.74) is 1.91. The summed E-state index contributed by atoms with van der Waals surface area (Å²) in [6.07, 6.45) is 8.00. The normalized spacial score (nSPS) is 14.2. The summed E-state index contributed by atoms with van der Waals surface area (Å²) in [5.74, 6) is 2.22. The fraction of sp³-hybridized carbons (Fsp3) is 0.211. The number of hydrogen-bond donors (Lipinski definition) is 1. The van der Waals surface area contributed by atoms with Gasteiger partial charge in [-0.15, -0.1) is 5.10 Å². The van der Waals surface area contributed by atoms with E-state index in [1.54, 1.807) is 6.33 Å². The molecule has 1 aliphatic rings. The van der Waals surface area contributed by atoms with E-state index in [-0.39, 0.29) is 0 Å². The van der Waals surface area contributed by atoms with Crippen LogP contribution in [0.4, 0.5) is 17.6 Å². The number of benzene rings is 1. The third-order valence-corrected chi connectivity index (χ3v) is 4.97. The number of aromatic nitrogens is 5. The van der Waals surface area contributed by atoms with Gasteiger partial charge in [-0.3, -0.25) is 0 Å². The van der Waals surface area contributed by atoms with Crippen molar-refractivity contribution in [2.45, 2.75) is 12.8 Å². The Labute approximate surface area is 161 Å². The molecule has 1 saturated heterocycles. The van der Waals surface area contributed by atoms with Gasteiger partial charge in [-0.2, -0.15) is 4.98 Å². The molecule has 4 aromatic rings. The molecule has 1 fully saturated rings. The quantitative estimate of drug-likeness (QED) is 0.582. The first-order valence-corrected chi connectivity index (χ1v) is 9.31. The molecule has 3 aromatic heterocycles. The molecule has 27 heavy (non-hydrogen) atoms. The van der Waals surface area contributed by atoms with Crippen LogP contribution in [-0.4, -0.2) is 37.2 Å². The van der Waals surface area contributed by atoms with Gasteiger partial charge in [0.25, 0.3) is 0 Å². The first kappa shape index (κ1) is 16.1. The lowest BCUT2D eigenvalue weighted by atomic mass is 10.3. The van der Waals surface area contributed by atoms with Crippen molar-refractivity contribution < 1.29 is 0 Å². The zero-order chi connectivity index (χ0) is 18.2. The van der Waals surface area contributed by atoms with Crippen LogP contribution < -0.4 is 10.2 Å². The maximum absolute atomic E-state index is 5.97. The van der Waals surface area contributed by atoms with Crippen LogP contribution in [0.3, 0.4) is 0 Å². The Balaban J connectivity index is 1.47. The molecule has 8 heteroatoms. The molecule has 0 aliphatic carbocycles. The predicted octanol–water partition coefficient (Wildman–Crippen LogP) is 3.91. The Kier molecular flexibility index (Phi) is 3.94. The van der Waals surface area contributed by atoms with Crippen molar-refractivity contribution in [1.82, 2.24) is 24.1 Å². The zero-order valence-electron chi connectivity index (χ0n) is 14.6. The maximum Gasteiger partial charge on any atom is 0.245 e. The monoisotopic (exact) mass is 379 g/mol. The molecule has 1 aromatic carbocycles. The Hall–Kier alpha value is -3.06. The lowest BCUT2D eigenvalue weighted by Crippen LogP contribution is -2.22. The Bertz CT molecular complexity index is 1080. The van der Waals surface area contributed by atoms with Gasteiger partial charge in [-0.25, -0.2) is 9.50 Å². The summed E-state index contributed by atoms with van der Waals surface area (Å²) in [7, 11) is 0. The van der Waals surface area contributed by atoms with Crippen molar-refractivity contribution in [3.63, 3.8) is 0 Å². The van der Waals surface area contributed by atoms with Gasteiger partial charge in [0.2, 0.25) is 5.95 Å². The highest BCUT2D eigenvalue weighted by molar-refractivity contribution is 6.30. The largest absolute Gasteiger partial charge is 0.340 e. The minimum Gasteiger partial charge on any atom is -0.340 e. The van der Waals surface area contributed by atoms with Crippen molar-refractivity contribution in [2.75, 3.05) is 23.3 Å². The van der Waals surface area contributed by atoms with E-state index in [9.17, 15) is 0 Å². The highest BCUT2D eigenvalue weighted by Crippen LogP contribution is 2.24.